The van der Waals surface area contributed by atoms with E-state index in [-0.39, 0.29) is 30.0 Å². The Morgan fingerprint density at radius 1 is 1.26 bits per heavy atom. The standard InChI is InChI=1S/C21H23FN2O3/c1-12(2)20-16(11-18(26)27-3)19(13-7-9-14(22)10-8-13)15-5-4-6-17(25)23-21(15)24-20/h7-10,12H,4-6,11H2,1-3H3,(H,23,24,25). The van der Waals surface area contributed by atoms with Gasteiger partial charge in [0.15, 0.2) is 0 Å². The van der Waals surface area contributed by atoms with Gasteiger partial charge in [-0.15, -0.1) is 0 Å². The minimum atomic E-state index is -0.361. The molecular formula is C21H23FN2O3. The zero-order valence-electron chi connectivity index (χ0n) is 15.8. The number of halogens is 1. The van der Waals surface area contributed by atoms with Crippen molar-refractivity contribution in [3.05, 3.63) is 46.9 Å². The first-order valence-corrected chi connectivity index (χ1v) is 9.09. The lowest BCUT2D eigenvalue weighted by Crippen LogP contribution is -2.16. The number of nitrogens with zero attached hydrogens (tertiary/aromatic N) is 1. The quantitative estimate of drug-likeness (QED) is 0.826. The summed E-state index contributed by atoms with van der Waals surface area (Å²) in [6.45, 7) is 3.98. The number of aromatic nitrogens is 1. The Labute approximate surface area is 158 Å². The summed E-state index contributed by atoms with van der Waals surface area (Å²) in [5.74, 6) is -0.185. The van der Waals surface area contributed by atoms with Gasteiger partial charge >= 0.3 is 5.97 Å². The monoisotopic (exact) mass is 370 g/mol. The summed E-state index contributed by atoms with van der Waals surface area (Å²) in [5.41, 5.74) is 4.04. The maximum atomic E-state index is 13.5. The van der Waals surface area contributed by atoms with Crippen molar-refractivity contribution in [2.45, 2.75) is 45.4 Å². The number of rotatable bonds is 4. The number of anilines is 1. The van der Waals surface area contributed by atoms with Gasteiger partial charge in [-0.3, -0.25) is 9.59 Å². The van der Waals surface area contributed by atoms with E-state index in [0.717, 1.165) is 27.9 Å². The predicted octanol–water partition coefficient (Wildman–Crippen LogP) is 4.00. The molecule has 1 aliphatic rings. The number of esters is 1. The van der Waals surface area contributed by atoms with E-state index in [1.807, 2.05) is 13.8 Å². The van der Waals surface area contributed by atoms with Crippen LogP contribution in [0.15, 0.2) is 24.3 Å². The molecule has 2 heterocycles. The first kappa shape index (κ1) is 19.0. The summed E-state index contributed by atoms with van der Waals surface area (Å²) in [6.07, 6.45) is 1.83. The van der Waals surface area contributed by atoms with Gasteiger partial charge < -0.3 is 10.1 Å². The van der Waals surface area contributed by atoms with Gasteiger partial charge in [0, 0.05) is 17.7 Å². The third kappa shape index (κ3) is 3.99. The number of amides is 1. The van der Waals surface area contributed by atoms with Gasteiger partial charge in [0.1, 0.15) is 11.6 Å². The summed E-state index contributed by atoms with van der Waals surface area (Å²) in [4.78, 5) is 28.9. The van der Waals surface area contributed by atoms with Crippen molar-refractivity contribution in [3.8, 4) is 11.1 Å². The van der Waals surface area contributed by atoms with Crippen molar-refractivity contribution in [2.24, 2.45) is 0 Å². The van der Waals surface area contributed by atoms with E-state index in [1.165, 1.54) is 19.2 Å². The van der Waals surface area contributed by atoms with Crippen molar-refractivity contribution >= 4 is 17.7 Å². The predicted molar refractivity (Wildman–Crippen MR) is 101 cm³/mol. The van der Waals surface area contributed by atoms with Crippen LogP contribution in [0, 0.1) is 5.82 Å². The zero-order valence-corrected chi connectivity index (χ0v) is 15.8. The molecule has 1 aromatic heterocycles. The molecular weight excluding hydrogens is 347 g/mol. The summed E-state index contributed by atoms with van der Waals surface area (Å²) in [6, 6.07) is 6.19. The van der Waals surface area contributed by atoms with Crippen molar-refractivity contribution in [1.82, 2.24) is 4.98 Å². The number of benzene rings is 1. The van der Waals surface area contributed by atoms with E-state index in [1.54, 1.807) is 12.1 Å². The van der Waals surface area contributed by atoms with E-state index in [2.05, 4.69) is 5.32 Å². The average Bonchev–Trinajstić information content (AvgIpc) is 2.82. The highest BCUT2D eigenvalue weighted by Crippen LogP contribution is 2.38. The Morgan fingerprint density at radius 3 is 2.59 bits per heavy atom. The van der Waals surface area contributed by atoms with Crippen LogP contribution in [-0.4, -0.2) is 24.0 Å². The van der Waals surface area contributed by atoms with E-state index in [0.29, 0.717) is 25.1 Å². The minimum Gasteiger partial charge on any atom is -0.469 e. The number of methoxy groups -OCH3 is 1. The van der Waals surface area contributed by atoms with Crippen LogP contribution in [0.1, 0.15) is 49.4 Å². The van der Waals surface area contributed by atoms with E-state index < -0.39 is 0 Å². The molecule has 6 heteroatoms. The molecule has 1 N–H and O–H groups in total. The molecule has 0 bridgehead atoms. The molecule has 2 aromatic rings. The van der Waals surface area contributed by atoms with Crippen LogP contribution in [0.25, 0.3) is 11.1 Å². The highest BCUT2D eigenvalue weighted by molar-refractivity contribution is 5.93. The van der Waals surface area contributed by atoms with Gasteiger partial charge in [-0.05, 0) is 47.6 Å². The highest BCUT2D eigenvalue weighted by Gasteiger charge is 2.26. The fourth-order valence-corrected chi connectivity index (χ4v) is 3.49. The molecule has 0 radical (unpaired) electrons. The summed E-state index contributed by atoms with van der Waals surface area (Å²) < 4.78 is 18.4. The van der Waals surface area contributed by atoms with Gasteiger partial charge in [0.2, 0.25) is 5.91 Å². The Morgan fingerprint density at radius 2 is 1.96 bits per heavy atom. The molecule has 1 amide bonds. The van der Waals surface area contributed by atoms with Crippen molar-refractivity contribution < 1.29 is 18.7 Å². The van der Waals surface area contributed by atoms with Crippen LogP contribution < -0.4 is 5.32 Å². The number of ether oxygens (including phenoxy) is 1. The first-order chi connectivity index (χ1) is 12.9. The van der Waals surface area contributed by atoms with E-state index >= 15 is 0 Å². The smallest absolute Gasteiger partial charge is 0.310 e. The summed E-state index contributed by atoms with van der Waals surface area (Å²) in [7, 11) is 1.35. The molecule has 0 unspecified atom stereocenters. The van der Waals surface area contributed by atoms with Gasteiger partial charge in [-0.2, -0.15) is 0 Å². The third-order valence-corrected chi connectivity index (χ3v) is 4.75. The van der Waals surface area contributed by atoms with E-state index in [4.69, 9.17) is 9.72 Å². The van der Waals surface area contributed by atoms with Crippen LogP contribution >= 0.6 is 0 Å². The molecule has 0 saturated heterocycles. The van der Waals surface area contributed by atoms with Crippen LogP contribution in [0.3, 0.4) is 0 Å². The zero-order chi connectivity index (χ0) is 19.6. The normalized spacial score (nSPS) is 13.7. The Balaban J connectivity index is 2.31. The largest absolute Gasteiger partial charge is 0.469 e. The lowest BCUT2D eigenvalue weighted by Gasteiger charge is -2.22. The molecule has 142 valence electrons. The number of hydrogen-bond acceptors (Lipinski definition) is 4. The van der Waals surface area contributed by atoms with Gasteiger partial charge in [0.05, 0.1) is 13.5 Å². The van der Waals surface area contributed by atoms with Crippen LogP contribution in [0.5, 0.6) is 0 Å². The summed E-state index contributed by atoms with van der Waals surface area (Å²) >= 11 is 0. The SMILES string of the molecule is COC(=O)Cc1c(C(C)C)nc2c(c1-c1ccc(F)cc1)CCCC(=O)N2. The second kappa shape index (κ2) is 7.86. The number of fused-ring (bicyclic) bond motifs is 1. The van der Waals surface area contributed by atoms with Crippen molar-refractivity contribution in [3.63, 3.8) is 0 Å². The highest BCUT2D eigenvalue weighted by atomic mass is 19.1. The van der Waals surface area contributed by atoms with Gasteiger partial charge in [0.25, 0.3) is 0 Å². The van der Waals surface area contributed by atoms with E-state index in [9.17, 15) is 14.0 Å². The summed E-state index contributed by atoms with van der Waals surface area (Å²) in [5, 5.41) is 2.89. The van der Waals surface area contributed by atoms with Crippen LogP contribution in [0.2, 0.25) is 0 Å². The van der Waals surface area contributed by atoms with Gasteiger partial charge in [-0.1, -0.05) is 26.0 Å². The molecule has 0 atom stereocenters. The molecule has 1 aliphatic heterocycles. The molecule has 27 heavy (non-hydrogen) atoms. The van der Waals surface area contributed by atoms with Crippen molar-refractivity contribution in [2.75, 3.05) is 12.4 Å². The number of hydrogen-bond donors (Lipinski definition) is 1. The number of nitrogens with one attached hydrogen (secondary N) is 1. The Kier molecular flexibility index (Phi) is 5.54. The fourth-order valence-electron chi connectivity index (χ4n) is 3.49. The maximum absolute atomic E-state index is 13.5. The average molecular weight is 370 g/mol. The minimum absolute atomic E-state index is 0.0364. The Hall–Kier alpha value is -2.76. The lowest BCUT2D eigenvalue weighted by atomic mass is 9.87. The lowest BCUT2D eigenvalue weighted by molar-refractivity contribution is -0.139. The molecule has 0 spiro atoms. The fraction of sp³-hybridized carbons (Fsp3) is 0.381. The number of pyridine rings is 1. The van der Waals surface area contributed by atoms with Gasteiger partial charge in [-0.25, -0.2) is 9.37 Å². The second-order valence-electron chi connectivity index (χ2n) is 6.99. The number of carbonyl (C=O) groups is 2. The van der Waals surface area contributed by atoms with Crippen LogP contribution in [0.4, 0.5) is 10.2 Å². The first-order valence-electron chi connectivity index (χ1n) is 9.09. The third-order valence-electron chi connectivity index (χ3n) is 4.75. The van der Waals surface area contributed by atoms with Crippen molar-refractivity contribution in [1.29, 1.82) is 0 Å². The number of carbonyl (C=O) groups excluding carboxylic acids is 2. The molecule has 0 fully saturated rings. The van der Waals surface area contributed by atoms with Crippen LogP contribution in [-0.2, 0) is 27.2 Å². The topological polar surface area (TPSA) is 68.3 Å². The second-order valence-corrected chi connectivity index (χ2v) is 6.99. The molecule has 0 aliphatic carbocycles. The molecule has 5 nitrogen and oxygen atoms in total. The molecule has 3 rings (SSSR count). The molecule has 0 saturated carbocycles. The Bertz CT molecular complexity index is 876. The maximum Gasteiger partial charge on any atom is 0.310 e. The molecule has 1 aromatic carbocycles.